The predicted octanol–water partition coefficient (Wildman–Crippen LogP) is 2.07. The SMILES string of the molecule is CCOC(=O)C1(C)CC(=O)N(c2cccc3cccnc23)C1=O. The molecule has 0 radical (unpaired) electrons. The standard InChI is InChI=1S/C17H16N2O4/c1-3-23-16(22)17(2)10-13(20)19(15(17)21)12-8-4-6-11-7-5-9-18-14(11)12/h4-9H,3,10H2,1-2H3. The minimum absolute atomic E-state index is 0.158. The Hall–Kier alpha value is -2.76. The van der Waals surface area contributed by atoms with Crippen LogP contribution in [0.1, 0.15) is 20.3 Å². The maximum absolute atomic E-state index is 12.8. The second kappa shape index (κ2) is 5.46. The van der Waals surface area contributed by atoms with Crippen molar-refractivity contribution in [3.05, 3.63) is 36.5 Å². The van der Waals surface area contributed by atoms with E-state index in [0.717, 1.165) is 10.3 Å². The first-order valence-corrected chi connectivity index (χ1v) is 7.37. The van der Waals surface area contributed by atoms with Crippen LogP contribution in [0, 0.1) is 5.41 Å². The minimum atomic E-state index is -1.48. The number of rotatable bonds is 3. The molecule has 118 valence electrons. The first kappa shape index (κ1) is 15.1. The van der Waals surface area contributed by atoms with Crippen LogP contribution in [0.5, 0.6) is 0 Å². The number of benzene rings is 1. The molecule has 23 heavy (non-hydrogen) atoms. The highest BCUT2D eigenvalue weighted by molar-refractivity contribution is 6.30. The van der Waals surface area contributed by atoms with Gasteiger partial charge in [-0.15, -0.1) is 0 Å². The van der Waals surface area contributed by atoms with E-state index in [4.69, 9.17) is 4.74 Å². The Morgan fingerprint density at radius 2 is 2.04 bits per heavy atom. The van der Waals surface area contributed by atoms with Crippen LogP contribution < -0.4 is 4.90 Å². The number of aromatic nitrogens is 1. The fourth-order valence-corrected chi connectivity index (χ4v) is 2.78. The lowest BCUT2D eigenvalue weighted by Crippen LogP contribution is -2.40. The summed E-state index contributed by atoms with van der Waals surface area (Å²) in [6.07, 6.45) is 1.40. The molecule has 1 aromatic heterocycles. The average molecular weight is 312 g/mol. The number of para-hydroxylation sites is 1. The molecule has 6 heteroatoms. The number of carbonyl (C=O) groups is 3. The molecule has 2 aromatic rings. The summed E-state index contributed by atoms with van der Waals surface area (Å²) in [5.41, 5.74) is -0.541. The molecule has 0 bridgehead atoms. The van der Waals surface area contributed by atoms with E-state index in [-0.39, 0.29) is 13.0 Å². The Morgan fingerprint density at radius 1 is 1.30 bits per heavy atom. The molecule has 1 aliphatic heterocycles. The number of pyridine rings is 1. The summed E-state index contributed by atoms with van der Waals surface area (Å²) in [6.45, 7) is 3.27. The zero-order valence-corrected chi connectivity index (χ0v) is 12.9. The molecule has 0 spiro atoms. The van der Waals surface area contributed by atoms with Gasteiger partial charge in [0.2, 0.25) is 5.91 Å². The van der Waals surface area contributed by atoms with Crippen molar-refractivity contribution in [1.82, 2.24) is 4.98 Å². The van der Waals surface area contributed by atoms with Crippen LogP contribution in [-0.4, -0.2) is 29.4 Å². The van der Waals surface area contributed by atoms with E-state index < -0.39 is 23.2 Å². The third-order valence-corrected chi connectivity index (χ3v) is 4.01. The van der Waals surface area contributed by atoms with Crippen molar-refractivity contribution in [3.63, 3.8) is 0 Å². The smallest absolute Gasteiger partial charge is 0.321 e. The monoisotopic (exact) mass is 312 g/mol. The van der Waals surface area contributed by atoms with Crippen molar-refractivity contribution in [2.75, 3.05) is 11.5 Å². The predicted molar refractivity (Wildman–Crippen MR) is 83.6 cm³/mol. The molecule has 1 aromatic carbocycles. The van der Waals surface area contributed by atoms with Gasteiger partial charge in [0.05, 0.1) is 24.2 Å². The number of fused-ring (bicyclic) bond motifs is 1. The maximum Gasteiger partial charge on any atom is 0.321 e. The van der Waals surface area contributed by atoms with E-state index in [2.05, 4.69) is 4.98 Å². The van der Waals surface area contributed by atoms with Crippen molar-refractivity contribution >= 4 is 34.4 Å². The number of hydrogen-bond acceptors (Lipinski definition) is 5. The molecule has 0 saturated carbocycles. The first-order valence-electron chi connectivity index (χ1n) is 7.37. The van der Waals surface area contributed by atoms with Gasteiger partial charge in [0.1, 0.15) is 0 Å². The van der Waals surface area contributed by atoms with Gasteiger partial charge in [-0.05, 0) is 26.0 Å². The number of esters is 1. The molecule has 0 N–H and O–H groups in total. The molecular weight excluding hydrogens is 296 g/mol. The molecule has 1 atom stereocenters. The number of nitrogens with zero attached hydrogens (tertiary/aromatic N) is 2. The van der Waals surface area contributed by atoms with Gasteiger partial charge in [-0.3, -0.25) is 19.4 Å². The second-order valence-electron chi connectivity index (χ2n) is 5.62. The summed E-state index contributed by atoms with van der Waals surface area (Å²) in [4.78, 5) is 42.6. The van der Waals surface area contributed by atoms with E-state index in [0.29, 0.717) is 11.2 Å². The van der Waals surface area contributed by atoms with Gasteiger partial charge in [0.25, 0.3) is 5.91 Å². The highest BCUT2D eigenvalue weighted by Gasteiger charge is 2.55. The van der Waals surface area contributed by atoms with Crippen molar-refractivity contribution in [1.29, 1.82) is 0 Å². The van der Waals surface area contributed by atoms with Crippen LogP contribution in [0.4, 0.5) is 5.69 Å². The second-order valence-corrected chi connectivity index (χ2v) is 5.62. The molecule has 1 fully saturated rings. The number of ether oxygens (including phenoxy) is 1. The van der Waals surface area contributed by atoms with E-state index in [9.17, 15) is 14.4 Å². The van der Waals surface area contributed by atoms with Crippen LogP contribution in [0.25, 0.3) is 10.9 Å². The van der Waals surface area contributed by atoms with Crippen molar-refractivity contribution in [2.45, 2.75) is 20.3 Å². The average Bonchev–Trinajstić information content (AvgIpc) is 2.78. The van der Waals surface area contributed by atoms with Crippen molar-refractivity contribution < 1.29 is 19.1 Å². The number of imide groups is 1. The van der Waals surface area contributed by atoms with Gasteiger partial charge in [-0.1, -0.05) is 18.2 Å². The lowest BCUT2D eigenvalue weighted by Gasteiger charge is -2.20. The molecule has 1 aliphatic rings. The third-order valence-electron chi connectivity index (χ3n) is 4.01. The molecule has 1 unspecified atom stereocenters. The van der Waals surface area contributed by atoms with Gasteiger partial charge in [0, 0.05) is 11.6 Å². The van der Waals surface area contributed by atoms with E-state index in [1.165, 1.54) is 6.92 Å². The zero-order valence-electron chi connectivity index (χ0n) is 12.9. The Labute approximate surface area is 133 Å². The van der Waals surface area contributed by atoms with Crippen LogP contribution >= 0.6 is 0 Å². The summed E-state index contributed by atoms with van der Waals surface area (Å²) in [5.74, 6) is -1.67. The quantitative estimate of drug-likeness (QED) is 0.492. The highest BCUT2D eigenvalue weighted by atomic mass is 16.5. The van der Waals surface area contributed by atoms with Gasteiger partial charge in [0.15, 0.2) is 5.41 Å². The fraction of sp³-hybridized carbons (Fsp3) is 0.294. The lowest BCUT2D eigenvalue weighted by molar-refractivity contribution is -0.157. The Bertz CT molecular complexity index is 812. The highest BCUT2D eigenvalue weighted by Crippen LogP contribution is 2.38. The van der Waals surface area contributed by atoms with Crippen LogP contribution in [0.15, 0.2) is 36.5 Å². The fourth-order valence-electron chi connectivity index (χ4n) is 2.78. The molecule has 6 nitrogen and oxygen atoms in total. The first-order chi connectivity index (χ1) is 11.0. The van der Waals surface area contributed by atoms with E-state index in [1.807, 2.05) is 12.1 Å². The van der Waals surface area contributed by atoms with Crippen LogP contribution in [0.2, 0.25) is 0 Å². The molecular formula is C17H16N2O4. The van der Waals surface area contributed by atoms with Gasteiger partial charge in [-0.25, -0.2) is 4.90 Å². The summed E-state index contributed by atoms with van der Waals surface area (Å²) < 4.78 is 4.96. The molecule has 2 amide bonds. The lowest BCUT2D eigenvalue weighted by atomic mass is 9.89. The largest absolute Gasteiger partial charge is 0.465 e. The number of amides is 2. The number of carbonyl (C=O) groups excluding carboxylic acids is 3. The van der Waals surface area contributed by atoms with Crippen LogP contribution in [0.3, 0.4) is 0 Å². The van der Waals surface area contributed by atoms with E-state index in [1.54, 1.807) is 31.3 Å². The Kier molecular flexibility index (Phi) is 3.60. The van der Waals surface area contributed by atoms with Gasteiger partial charge in [-0.2, -0.15) is 0 Å². The molecule has 0 aliphatic carbocycles. The Morgan fingerprint density at radius 3 is 2.78 bits per heavy atom. The van der Waals surface area contributed by atoms with Crippen molar-refractivity contribution in [2.24, 2.45) is 5.41 Å². The molecule has 3 rings (SSSR count). The summed E-state index contributed by atoms with van der Waals surface area (Å²) >= 11 is 0. The summed E-state index contributed by atoms with van der Waals surface area (Å²) in [5, 5.41) is 0.815. The molecule has 1 saturated heterocycles. The third kappa shape index (κ3) is 2.27. The van der Waals surface area contributed by atoms with Gasteiger partial charge >= 0.3 is 5.97 Å². The summed E-state index contributed by atoms with van der Waals surface area (Å²) in [6, 6.07) is 8.88. The molecule has 2 heterocycles. The maximum atomic E-state index is 12.8. The topological polar surface area (TPSA) is 76.6 Å². The number of hydrogen-bond donors (Lipinski definition) is 0. The zero-order chi connectivity index (χ0) is 16.6. The number of anilines is 1. The Balaban J connectivity index is 2.08. The van der Waals surface area contributed by atoms with E-state index >= 15 is 0 Å². The van der Waals surface area contributed by atoms with Gasteiger partial charge < -0.3 is 4.74 Å². The van der Waals surface area contributed by atoms with Crippen LogP contribution in [-0.2, 0) is 19.1 Å². The normalized spacial score (nSPS) is 21.0. The summed E-state index contributed by atoms with van der Waals surface area (Å²) in [7, 11) is 0. The minimum Gasteiger partial charge on any atom is -0.465 e. The van der Waals surface area contributed by atoms with Crippen molar-refractivity contribution in [3.8, 4) is 0 Å².